The molecule has 0 aliphatic rings. The van der Waals surface area contributed by atoms with Crippen molar-refractivity contribution in [2.45, 2.75) is 13.5 Å². The molecule has 0 saturated heterocycles. The molecule has 0 unspecified atom stereocenters. The average molecular weight is 302 g/mol. The van der Waals surface area contributed by atoms with Gasteiger partial charge in [0, 0.05) is 11.0 Å². The van der Waals surface area contributed by atoms with Gasteiger partial charge in [0.25, 0.3) is 0 Å². The van der Waals surface area contributed by atoms with Crippen molar-refractivity contribution < 1.29 is 4.39 Å². The zero-order valence-electron chi connectivity index (χ0n) is 8.50. The summed E-state index contributed by atoms with van der Waals surface area (Å²) in [5, 5.41) is 6.71. The molecule has 1 aromatic heterocycles. The van der Waals surface area contributed by atoms with Crippen LogP contribution in [0.5, 0.6) is 0 Å². The SMILES string of the molecule is CCn1c(-c2cc(Br)ccc2F)n[nH]c1=S. The lowest BCUT2D eigenvalue weighted by Crippen LogP contribution is -1.99. The summed E-state index contributed by atoms with van der Waals surface area (Å²) in [6, 6.07) is 4.74. The average Bonchev–Trinajstić information content (AvgIpc) is 2.63. The van der Waals surface area contributed by atoms with Gasteiger partial charge in [-0.25, -0.2) is 4.39 Å². The fourth-order valence-electron chi connectivity index (χ4n) is 1.49. The van der Waals surface area contributed by atoms with E-state index in [-0.39, 0.29) is 5.82 Å². The molecule has 0 bridgehead atoms. The topological polar surface area (TPSA) is 33.6 Å². The second-order valence-electron chi connectivity index (χ2n) is 3.22. The van der Waals surface area contributed by atoms with E-state index in [1.54, 1.807) is 16.7 Å². The minimum Gasteiger partial charge on any atom is -0.300 e. The monoisotopic (exact) mass is 301 g/mol. The highest BCUT2D eigenvalue weighted by molar-refractivity contribution is 9.10. The maximum atomic E-state index is 13.7. The standard InChI is InChI=1S/C10H9BrFN3S/c1-2-15-9(13-14-10(15)16)7-5-6(11)3-4-8(7)12/h3-5H,2H2,1H3,(H,14,16). The Kier molecular flexibility index (Phi) is 3.20. The van der Waals surface area contributed by atoms with Crippen molar-refractivity contribution in [3.05, 3.63) is 33.3 Å². The lowest BCUT2D eigenvalue weighted by molar-refractivity contribution is 0.626. The van der Waals surface area contributed by atoms with Crippen molar-refractivity contribution in [2.75, 3.05) is 0 Å². The molecule has 0 aliphatic heterocycles. The molecule has 1 heterocycles. The van der Waals surface area contributed by atoms with E-state index in [0.29, 0.717) is 22.7 Å². The smallest absolute Gasteiger partial charge is 0.195 e. The molecule has 0 spiro atoms. The van der Waals surface area contributed by atoms with Gasteiger partial charge in [-0.2, -0.15) is 5.10 Å². The number of aromatic amines is 1. The van der Waals surface area contributed by atoms with Crippen LogP contribution in [-0.4, -0.2) is 14.8 Å². The van der Waals surface area contributed by atoms with Crippen molar-refractivity contribution in [1.82, 2.24) is 14.8 Å². The summed E-state index contributed by atoms with van der Waals surface area (Å²) in [7, 11) is 0. The van der Waals surface area contributed by atoms with Crippen LogP contribution in [0.1, 0.15) is 6.92 Å². The molecule has 6 heteroatoms. The molecule has 0 radical (unpaired) electrons. The molecule has 1 N–H and O–H groups in total. The summed E-state index contributed by atoms with van der Waals surface area (Å²) in [6.45, 7) is 2.58. The van der Waals surface area contributed by atoms with Crippen LogP contribution in [0, 0.1) is 10.6 Å². The van der Waals surface area contributed by atoms with Crippen molar-refractivity contribution >= 4 is 28.1 Å². The maximum absolute atomic E-state index is 13.7. The summed E-state index contributed by atoms with van der Waals surface area (Å²) >= 11 is 8.37. The van der Waals surface area contributed by atoms with Gasteiger partial charge in [-0.15, -0.1) is 0 Å². The lowest BCUT2D eigenvalue weighted by atomic mass is 10.2. The Labute approximate surface area is 105 Å². The van der Waals surface area contributed by atoms with Crippen molar-refractivity contribution in [3.63, 3.8) is 0 Å². The summed E-state index contributed by atoms with van der Waals surface area (Å²) in [5.41, 5.74) is 0.434. The summed E-state index contributed by atoms with van der Waals surface area (Å²) in [5.74, 6) is 0.207. The lowest BCUT2D eigenvalue weighted by Gasteiger charge is -2.05. The van der Waals surface area contributed by atoms with E-state index in [4.69, 9.17) is 12.2 Å². The molecule has 1 aromatic carbocycles. The van der Waals surface area contributed by atoms with Gasteiger partial charge in [-0.1, -0.05) is 15.9 Å². The fourth-order valence-corrected chi connectivity index (χ4v) is 2.11. The second kappa shape index (κ2) is 4.47. The quantitative estimate of drug-likeness (QED) is 0.861. The zero-order chi connectivity index (χ0) is 11.7. The second-order valence-corrected chi connectivity index (χ2v) is 4.52. The molecule has 0 aliphatic carbocycles. The minimum atomic E-state index is -0.313. The molecule has 16 heavy (non-hydrogen) atoms. The molecule has 2 rings (SSSR count). The first-order valence-electron chi connectivity index (χ1n) is 4.74. The molecule has 3 nitrogen and oxygen atoms in total. The number of hydrogen-bond acceptors (Lipinski definition) is 2. The van der Waals surface area contributed by atoms with Gasteiger partial charge in [0.05, 0.1) is 5.56 Å². The van der Waals surface area contributed by atoms with E-state index < -0.39 is 0 Å². The van der Waals surface area contributed by atoms with Gasteiger partial charge in [0.15, 0.2) is 10.6 Å². The minimum absolute atomic E-state index is 0.313. The molecule has 2 aromatic rings. The largest absolute Gasteiger partial charge is 0.300 e. The first-order valence-corrected chi connectivity index (χ1v) is 5.94. The first-order chi connectivity index (χ1) is 7.63. The Balaban J connectivity index is 2.67. The fraction of sp³-hybridized carbons (Fsp3) is 0.200. The molecular weight excluding hydrogens is 293 g/mol. The van der Waals surface area contributed by atoms with Crippen LogP contribution in [0.25, 0.3) is 11.4 Å². The molecular formula is C10H9BrFN3S. The van der Waals surface area contributed by atoms with E-state index in [9.17, 15) is 4.39 Å². The Bertz CT molecular complexity index is 576. The van der Waals surface area contributed by atoms with E-state index in [1.807, 2.05) is 6.92 Å². The van der Waals surface area contributed by atoms with Crippen LogP contribution >= 0.6 is 28.1 Å². The number of nitrogens with zero attached hydrogens (tertiary/aromatic N) is 2. The third kappa shape index (κ3) is 1.94. The normalized spacial score (nSPS) is 10.7. The molecule has 0 amide bonds. The van der Waals surface area contributed by atoms with E-state index >= 15 is 0 Å². The number of H-pyrrole nitrogens is 1. The molecule has 0 fully saturated rings. The number of benzene rings is 1. The highest BCUT2D eigenvalue weighted by Crippen LogP contribution is 2.24. The predicted molar refractivity (Wildman–Crippen MR) is 66.2 cm³/mol. The van der Waals surface area contributed by atoms with Gasteiger partial charge in [0.2, 0.25) is 0 Å². The third-order valence-electron chi connectivity index (χ3n) is 2.24. The summed E-state index contributed by atoms with van der Waals surface area (Å²) < 4.78 is 16.7. The van der Waals surface area contributed by atoms with Gasteiger partial charge >= 0.3 is 0 Å². The zero-order valence-corrected chi connectivity index (χ0v) is 10.9. The van der Waals surface area contributed by atoms with Crippen molar-refractivity contribution in [2.24, 2.45) is 0 Å². The van der Waals surface area contributed by atoms with Gasteiger partial charge in [-0.3, -0.25) is 5.10 Å². The van der Waals surface area contributed by atoms with E-state index in [0.717, 1.165) is 4.47 Å². The highest BCUT2D eigenvalue weighted by Gasteiger charge is 2.12. The molecule has 0 saturated carbocycles. The van der Waals surface area contributed by atoms with Crippen LogP contribution < -0.4 is 0 Å². The van der Waals surface area contributed by atoms with Crippen LogP contribution in [0.2, 0.25) is 0 Å². The van der Waals surface area contributed by atoms with Gasteiger partial charge in [-0.05, 0) is 37.3 Å². The van der Waals surface area contributed by atoms with Gasteiger partial charge < -0.3 is 4.57 Å². The number of halogens is 2. The maximum Gasteiger partial charge on any atom is 0.195 e. The number of hydrogen-bond donors (Lipinski definition) is 1. The Morgan fingerprint density at radius 2 is 2.31 bits per heavy atom. The van der Waals surface area contributed by atoms with Crippen LogP contribution in [0.4, 0.5) is 4.39 Å². The molecule has 0 atom stereocenters. The number of aromatic nitrogens is 3. The van der Waals surface area contributed by atoms with Crippen LogP contribution in [0.3, 0.4) is 0 Å². The predicted octanol–water partition coefficient (Wildman–Crippen LogP) is 3.53. The Morgan fingerprint density at radius 1 is 1.56 bits per heavy atom. The molecule has 84 valence electrons. The number of rotatable bonds is 2. The van der Waals surface area contributed by atoms with Crippen molar-refractivity contribution in [1.29, 1.82) is 0 Å². The van der Waals surface area contributed by atoms with E-state index in [1.165, 1.54) is 6.07 Å². The van der Waals surface area contributed by atoms with Gasteiger partial charge in [0.1, 0.15) is 5.82 Å². The summed E-state index contributed by atoms with van der Waals surface area (Å²) in [4.78, 5) is 0. The van der Waals surface area contributed by atoms with Crippen LogP contribution in [-0.2, 0) is 6.54 Å². The third-order valence-corrected chi connectivity index (χ3v) is 3.05. The Hall–Kier alpha value is -1.01. The van der Waals surface area contributed by atoms with Crippen LogP contribution in [0.15, 0.2) is 22.7 Å². The van der Waals surface area contributed by atoms with E-state index in [2.05, 4.69) is 26.1 Å². The summed E-state index contributed by atoms with van der Waals surface area (Å²) in [6.07, 6.45) is 0. The Morgan fingerprint density at radius 3 is 3.00 bits per heavy atom. The first kappa shape index (κ1) is 11.5. The van der Waals surface area contributed by atoms with Crippen molar-refractivity contribution in [3.8, 4) is 11.4 Å². The number of nitrogens with one attached hydrogen (secondary N) is 1. The highest BCUT2D eigenvalue weighted by atomic mass is 79.9.